The van der Waals surface area contributed by atoms with Gasteiger partial charge in [-0.3, -0.25) is 0 Å². The molecule has 0 aliphatic carbocycles. The summed E-state index contributed by atoms with van der Waals surface area (Å²) in [4.78, 5) is 0. The Morgan fingerprint density at radius 2 is 2.44 bits per heavy atom. The van der Waals surface area contributed by atoms with Gasteiger partial charge in [-0.2, -0.15) is 0 Å². The van der Waals surface area contributed by atoms with E-state index in [4.69, 9.17) is 14.6 Å². The van der Waals surface area contributed by atoms with Gasteiger partial charge in [0.1, 0.15) is 0 Å². The molecule has 0 aromatic carbocycles. The van der Waals surface area contributed by atoms with Crippen molar-refractivity contribution in [3.05, 3.63) is 0 Å². The zero-order valence-corrected chi connectivity index (χ0v) is 5.54. The maximum Gasteiger partial charge on any atom is 0.159 e. The van der Waals surface area contributed by atoms with E-state index >= 15 is 0 Å². The number of aliphatic hydroxyl groups is 1. The summed E-state index contributed by atoms with van der Waals surface area (Å²) in [7, 11) is 1.59. The van der Waals surface area contributed by atoms with Gasteiger partial charge in [-0.15, -0.1) is 0 Å². The maximum atomic E-state index is 9.05. The van der Waals surface area contributed by atoms with Crippen LogP contribution in [0.2, 0.25) is 0 Å². The molecular formula is C6H12O3. The van der Waals surface area contributed by atoms with E-state index in [0.29, 0.717) is 13.0 Å². The highest BCUT2D eigenvalue weighted by molar-refractivity contribution is 4.62. The fraction of sp³-hybridized carbons (Fsp3) is 1.00. The summed E-state index contributed by atoms with van der Waals surface area (Å²) < 4.78 is 9.99. The molecule has 0 unspecified atom stereocenters. The number of ether oxygens (including phenoxy) is 2. The second-order valence-corrected chi connectivity index (χ2v) is 2.21. The Bertz CT molecular complexity index is 84.4. The van der Waals surface area contributed by atoms with Crippen molar-refractivity contribution < 1.29 is 14.6 Å². The first-order valence-corrected chi connectivity index (χ1v) is 3.15. The molecule has 2 atom stereocenters. The summed E-state index contributed by atoms with van der Waals surface area (Å²) in [6.07, 6.45) is 0.925. The minimum absolute atomic E-state index is 0.186. The molecule has 0 spiro atoms. The van der Waals surface area contributed by atoms with E-state index in [1.165, 1.54) is 0 Å². The lowest BCUT2D eigenvalue weighted by Gasteiger charge is -2.24. The zero-order valence-electron chi connectivity index (χ0n) is 5.54. The Kier molecular flexibility index (Phi) is 2.45. The lowest BCUT2D eigenvalue weighted by atomic mass is 10.1. The summed E-state index contributed by atoms with van der Waals surface area (Å²) in [5.41, 5.74) is 0. The van der Waals surface area contributed by atoms with Crippen LogP contribution in [-0.4, -0.2) is 31.2 Å². The van der Waals surface area contributed by atoms with Crippen molar-refractivity contribution in [2.24, 2.45) is 0 Å². The van der Waals surface area contributed by atoms with Crippen LogP contribution in [-0.2, 0) is 9.47 Å². The Morgan fingerprint density at radius 3 is 2.89 bits per heavy atom. The Labute approximate surface area is 54.6 Å². The molecule has 0 bridgehead atoms. The molecule has 1 aliphatic rings. The van der Waals surface area contributed by atoms with Crippen LogP contribution in [0.3, 0.4) is 0 Å². The van der Waals surface area contributed by atoms with Crippen molar-refractivity contribution in [3.8, 4) is 0 Å². The molecular weight excluding hydrogens is 120 g/mol. The summed E-state index contributed by atoms with van der Waals surface area (Å²) in [5.74, 6) is 0. The molecule has 1 saturated heterocycles. The van der Waals surface area contributed by atoms with Gasteiger partial charge in [-0.25, -0.2) is 0 Å². The summed E-state index contributed by atoms with van der Waals surface area (Å²) >= 11 is 0. The molecule has 1 aliphatic heterocycles. The van der Waals surface area contributed by atoms with E-state index in [1.807, 2.05) is 0 Å². The third kappa shape index (κ3) is 1.93. The van der Waals surface area contributed by atoms with Gasteiger partial charge in [0.2, 0.25) is 0 Å². The second-order valence-electron chi connectivity index (χ2n) is 2.21. The maximum absolute atomic E-state index is 9.05. The molecule has 54 valence electrons. The van der Waals surface area contributed by atoms with E-state index in [9.17, 15) is 0 Å². The predicted molar refractivity (Wildman–Crippen MR) is 32.0 cm³/mol. The molecule has 0 radical (unpaired) electrons. The van der Waals surface area contributed by atoms with Crippen LogP contribution in [0.5, 0.6) is 0 Å². The Morgan fingerprint density at radius 1 is 1.67 bits per heavy atom. The van der Waals surface area contributed by atoms with Gasteiger partial charge >= 0.3 is 0 Å². The van der Waals surface area contributed by atoms with Crippen molar-refractivity contribution in [1.29, 1.82) is 0 Å². The first-order chi connectivity index (χ1) is 4.33. The van der Waals surface area contributed by atoms with E-state index in [-0.39, 0.29) is 12.4 Å². The lowest BCUT2D eigenvalue weighted by molar-refractivity contribution is -0.170. The number of rotatable bonds is 1. The molecule has 1 N–H and O–H groups in total. The smallest absolute Gasteiger partial charge is 0.159 e. The molecule has 0 aromatic heterocycles. The molecule has 0 saturated carbocycles. The Balaban J connectivity index is 2.23. The van der Waals surface area contributed by atoms with Crippen LogP contribution in [0.1, 0.15) is 12.8 Å². The molecule has 0 amide bonds. The number of hydrogen-bond acceptors (Lipinski definition) is 3. The number of methoxy groups -OCH3 is 1. The monoisotopic (exact) mass is 132 g/mol. The highest BCUT2D eigenvalue weighted by Gasteiger charge is 2.19. The van der Waals surface area contributed by atoms with E-state index in [1.54, 1.807) is 7.11 Å². The average Bonchev–Trinajstić information content (AvgIpc) is 1.88. The number of aliphatic hydroxyl groups excluding tert-OH is 1. The van der Waals surface area contributed by atoms with Crippen molar-refractivity contribution in [2.75, 3.05) is 13.7 Å². The van der Waals surface area contributed by atoms with Gasteiger partial charge in [-0.1, -0.05) is 0 Å². The highest BCUT2D eigenvalue weighted by atomic mass is 16.7. The molecule has 1 heterocycles. The second kappa shape index (κ2) is 3.15. The SMILES string of the molecule is CO[C@H]1C[C@@H](O)CCO1. The van der Waals surface area contributed by atoms with Gasteiger partial charge in [0.05, 0.1) is 12.7 Å². The van der Waals surface area contributed by atoms with E-state index in [2.05, 4.69) is 0 Å². The van der Waals surface area contributed by atoms with Crippen LogP contribution >= 0.6 is 0 Å². The largest absolute Gasteiger partial charge is 0.393 e. The van der Waals surface area contributed by atoms with Crippen LogP contribution in [0.4, 0.5) is 0 Å². The first-order valence-electron chi connectivity index (χ1n) is 3.15. The minimum Gasteiger partial charge on any atom is -0.393 e. The van der Waals surface area contributed by atoms with Crippen LogP contribution in [0.25, 0.3) is 0 Å². The van der Waals surface area contributed by atoms with Crippen molar-refractivity contribution in [1.82, 2.24) is 0 Å². The fourth-order valence-electron chi connectivity index (χ4n) is 0.908. The van der Waals surface area contributed by atoms with Gasteiger partial charge in [-0.05, 0) is 6.42 Å². The highest BCUT2D eigenvalue weighted by Crippen LogP contribution is 2.13. The average molecular weight is 132 g/mol. The van der Waals surface area contributed by atoms with Gasteiger partial charge in [0.25, 0.3) is 0 Å². The quantitative estimate of drug-likeness (QED) is 0.551. The normalized spacial score (nSPS) is 36.7. The van der Waals surface area contributed by atoms with Gasteiger partial charge in [0.15, 0.2) is 6.29 Å². The van der Waals surface area contributed by atoms with Crippen molar-refractivity contribution in [2.45, 2.75) is 25.2 Å². The summed E-state index contributed by atoms with van der Waals surface area (Å²) in [6, 6.07) is 0. The predicted octanol–water partition coefficient (Wildman–Crippen LogP) is 0.130. The Hall–Kier alpha value is -0.120. The van der Waals surface area contributed by atoms with Gasteiger partial charge in [0, 0.05) is 13.5 Å². The van der Waals surface area contributed by atoms with Crippen LogP contribution < -0.4 is 0 Å². The summed E-state index contributed by atoms with van der Waals surface area (Å²) in [5, 5.41) is 9.05. The van der Waals surface area contributed by atoms with E-state index < -0.39 is 0 Å². The third-order valence-corrected chi connectivity index (χ3v) is 1.48. The van der Waals surface area contributed by atoms with Crippen LogP contribution in [0, 0.1) is 0 Å². The zero-order chi connectivity index (χ0) is 6.69. The molecule has 1 rings (SSSR count). The third-order valence-electron chi connectivity index (χ3n) is 1.48. The first kappa shape index (κ1) is 6.99. The number of hydrogen-bond donors (Lipinski definition) is 1. The molecule has 3 heteroatoms. The molecule has 0 aromatic rings. The van der Waals surface area contributed by atoms with E-state index in [0.717, 1.165) is 6.42 Å². The molecule has 9 heavy (non-hydrogen) atoms. The molecule has 3 nitrogen and oxygen atoms in total. The standard InChI is InChI=1S/C6H12O3/c1-8-6-4-5(7)2-3-9-6/h5-7H,2-4H2,1H3/t5-,6+/m0/s1. The lowest BCUT2D eigenvalue weighted by Crippen LogP contribution is -2.29. The van der Waals surface area contributed by atoms with Crippen molar-refractivity contribution in [3.63, 3.8) is 0 Å². The van der Waals surface area contributed by atoms with Crippen molar-refractivity contribution >= 4 is 0 Å². The topological polar surface area (TPSA) is 38.7 Å². The van der Waals surface area contributed by atoms with Crippen LogP contribution in [0.15, 0.2) is 0 Å². The van der Waals surface area contributed by atoms with Gasteiger partial charge < -0.3 is 14.6 Å². The fourth-order valence-corrected chi connectivity index (χ4v) is 0.908. The molecule has 1 fully saturated rings. The summed E-state index contributed by atoms with van der Waals surface area (Å²) in [6.45, 7) is 0.611. The minimum atomic E-state index is -0.233.